The lowest BCUT2D eigenvalue weighted by Crippen LogP contribution is -2.44. The summed E-state index contributed by atoms with van der Waals surface area (Å²) < 4.78 is 21.9. The van der Waals surface area contributed by atoms with Crippen molar-refractivity contribution in [2.24, 2.45) is 0 Å². The van der Waals surface area contributed by atoms with Crippen molar-refractivity contribution in [3.8, 4) is 17.2 Å². The summed E-state index contributed by atoms with van der Waals surface area (Å²) in [5.74, 6) is 1.25. The molecule has 0 radical (unpaired) electrons. The van der Waals surface area contributed by atoms with Crippen LogP contribution in [0.25, 0.3) is 0 Å². The lowest BCUT2D eigenvalue weighted by Gasteiger charge is -2.26. The average Bonchev–Trinajstić information content (AvgIpc) is 3.34. The van der Waals surface area contributed by atoms with Crippen molar-refractivity contribution in [3.05, 3.63) is 29.0 Å². The van der Waals surface area contributed by atoms with Crippen molar-refractivity contribution >= 4 is 11.9 Å². The fourth-order valence-corrected chi connectivity index (χ4v) is 4.13. The van der Waals surface area contributed by atoms with Crippen LogP contribution in [0.4, 0.5) is 4.79 Å². The van der Waals surface area contributed by atoms with Crippen LogP contribution in [0, 0.1) is 0 Å². The van der Waals surface area contributed by atoms with E-state index in [2.05, 4.69) is 10.6 Å². The maximum absolute atomic E-state index is 13.2. The molecule has 29 heavy (non-hydrogen) atoms. The largest absolute Gasteiger partial charge is 0.493 e. The van der Waals surface area contributed by atoms with E-state index >= 15 is 0 Å². The first kappa shape index (κ1) is 19.4. The summed E-state index contributed by atoms with van der Waals surface area (Å²) in [5.41, 5.74) is 1.82. The first-order valence-corrected chi connectivity index (χ1v) is 9.57. The van der Waals surface area contributed by atoms with Gasteiger partial charge in [-0.1, -0.05) is 0 Å². The third kappa shape index (κ3) is 3.46. The molecular weight excluding hydrogens is 378 g/mol. The molecule has 3 amide bonds. The molecular formula is C20H25N3O6. The molecule has 1 saturated heterocycles. The highest BCUT2D eigenvalue weighted by Crippen LogP contribution is 2.42. The number of carbonyl (C=O) groups excluding carboxylic acids is 2. The Kier molecular flexibility index (Phi) is 5.23. The van der Waals surface area contributed by atoms with Crippen molar-refractivity contribution < 1.29 is 28.5 Å². The van der Waals surface area contributed by atoms with Crippen LogP contribution in [0.1, 0.15) is 24.4 Å². The first-order valence-electron chi connectivity index (χ1n) is 9.57. The van der Waals surface area contributed by atoms with Crippen LogP contribution < -0.4 is 24.8 Å². The van der Waals surface area contributed by atoms with Gasteiger partial charge in [0.15, 0.2) is 11.5 Å². The molecule has 0 aromatic heterocycles. The van der Waals surface area contributed by atoms with Crippen LogP contribution in [0.2, 0.25) is 0 Å². The van der Waals surface area contributed by atoms with Crippen LogP contribution >= 0.6 is 0 Å². The molecule has 0 saturated carbocycles. The third-order valence-corrected chi connectivity index (χ3v) is 5.49. The Hall–Kier alpha value is -2.94. The number of rotatable bonds is 6. The third-order valence-electron chi connectivity index (χ3n) is 5.49. The normalized spacial score (nSPS) is 23.6. The van der Waals surface area contributed by atoms with Crippen molar-refractivity contribution in [2.45, 2.75) is 25.0 Å². The predicted octanol–water partition coefficient (Wildman–Crippen LogP) is 1.34. The van der Waals surface area contributed by atoms with Crippen LogP contribution in [0.3, 0.4) is 0 Å². The van der Waals surface area contributed by atoms with Crippen LogP contribution in [0.5, 0.6) is 17.2 Å². The zero-order chi connectivity index (χ0) is 20.5. The molecule has 156 valence electrons. The van der Waals surface area contributed by atoms with Gasteiger partial charge in [-0.15, -0.1) is 0 Å². The Balaban J connectivity index is 1.67. The van der Waals surface area contributed by atoms with E-state index in [1.54, 1.807) is 17.0 Å². The minimum absolute atomic E-state index is 0.0450. The smallest absolute Gasteiger partial charge is 0.319 e. The van der Waals surface area contributed by atoms with Gasteiger partial charge in [0, 0.05) is 13.2 Å². The lowest BCUT2D eigenvalue weighted by molar-refractivity contribution is -0.127. The highest BCUT2D eigenvalue weighted by molar-refractivity contribution is 6.01. The van der Waals surface area contributed by atoms with E-state index in [4.69, 9.17) is 18.9 Å². The quantitative estimate of drug-likeness (QED) is 0.744. The van der Waals surface area contributed by atoms with E-state index in [0.29, 0.717) is 47.2 Å². The van der Waals surface area contributed by atoms with Gasteiger partial charge in [-0.3, -0.25) is 4.79 Å². The Morgan fingerprint density at radius 2 is 1.86 bits per heavy atom. The van der Waals surface area contributed by atoms with Gasteiger partial charge in [0.1, 0.15) is 0 Å². The molecule has 3 aliphatic rings. The minimum atomic E-state index is -0.616. The van der Waals surface area contributed by atoms with E-state index in [0.717, 1.165) is 19.4 Å². The number of amides is 3. The molecule has 2 N–H and O–H groups in total. The molecule has 4 rings (SSSR count). The molecule has 1 aromatic carbocycles. The first-order chi connectivity index (χ1) is 14.0. The average molecular weight is 403 g/mol. The lowest BCUT2D eigenvalue weighted by atomic mass is 9.95. The molecule has 9 heteroatoms. The van der Waals surface area contributed by atoms with Crippen molar-refractivity contribution in [2.75, 3.05) is 41.0 Å². The molecule has 0 aliphatic carbocycles. The summed E-state index contributed by atoms with van der Waals surface area (Å²) in [6.45, 7) is 1.61. The number of nitrogens with one attached hydrogen (secondary N) is 2. The second kappa shape index (κ2) is 7.82. The SMILES string of the molecule is COc1cc([C@@H]2NC(=O)NC3=C2C(=O)N(C[C@@H]2CCCO2)C3)cc(OC)c1OC. The molecule has 0 unspecified atom stereocenters. The van der Waals surface area contributed by atoms with E-state index in [1.165, 1.54) is 21.3 Å². The van der Waals surface area contributed by atoms with Gasteiger partial charge in [-0.2, -0.15) is 0 Å². The second-order valence-corrected chi connectivity index (χ2v) is 7.20. The van der Waals surface area contributed by atoms with Gasteiger partial charge in [-0.25, -0.2) is 4.79 Å². The fraction of sp³-hybridized carbons (Fsp3) is 0.500. The van der Waals surface area contributed by atoms with Crippen LogP contribution in [-0.2, 0) is 9.53 Å². The maximum atomic E-state index is 13.2. The highest BCUT2D eigenvalue weighted by Gasteiger charge is 2.41. The van der Waals surface area contributed by atoms with Crippen LogP contribution in [0.15, 0.2) is 23.4 Å². The molecule has 1 fully saturated rings. The Bertz CT molecular complexity index is 837. The molecule has 0 spiro atoms. The molecule has 3 aliphatic heterocycles. The molecule has 2 atom stereocenters. The number of methoxy groups -OCH3 is 3. The maximum Gasteiger partial charge on any atom is 0.319 e. The Labute approximate surface area is 168 Å². The molecule has 9 nitrogen and oxygen atoms in total. The summed E-state index contributed by atoms with van der Waals surface area (Å²) in [4.78, 5) is 27.2. The zero-order valence-corrected chi connectivity index (χ0v) is 16.7. The topological polar surface area (TPSA) is 98.4 Å². The van der Waals surface area contributed by atoms with E-state index in [9.17, 15) is 9.59 Å². The number of hydrogen-bond acceptors (Lipinski definition) is 6. The molecule has 0 bridgehead atoms. The number of carbonyl (C=O) groups is 2. The van der Waals surface area contributed by atoms with Gasteiger partial charge in [0.25, 0.3) is 5.91 Å². The minimum Gasteiger partial charge on any atom is -0.493 e. The Morgan fingerprint density at radius 3 is 2.45 bits per heavy atom. The molecule has 1 aromatic rings. The van der Waals surface area contributed by atoms with Gasteiger partial charge in [0.05, 0.1) is 51.3 Å². The van der Waals surface area contributed by atoms with Crippen LogP contribution in [-0.4, -0.2) is 64.0 Å². The Morgan fingerprint density at radius 1 is 1.14 bits per heavy atom. The van der Waals surface area contributed by atoms with Crippen molar-refractivity contribution in [1.29, 1.82) is 0 Å². The van der Waals surface area contributed by atoms with Gasteiger partial charge < -0.3 is 34.5 Å². The number of urea groups is 1. The molecule has 3 heterocycles. The summed E-state index contributed by atoms with van der Waals surface area (Å²) in [7, 11) is 4.57. The van der Waals surface area contributed by atoms with Gasteiger partial charge in [-0.05, 0) is 30.5 Å². The summed E-state index contributed by atoms with van der Waals surface area (Å²) in [6.07, 6.45) is 1.99. The predicted molar refractivity (Wildman–Crippen MR) is 103 cm³/mol. The zero-order valence-electron chi connectivity index (χ0n) is 16.7. The summed E-state index contributed by atoms with van der Waals surface area (Å²) >= 11 is 0. The van der Waals surface area contributed by atoms with Crippen molar-refractivity contribution in [3.63, 3.8) is 0 Å². The fourth-order valence-electron chi connectivity index (χ4n) is 4.13. The number of benzene rings is 1. The summed E-state index contributed by atoms with van der Waals surface area (Å²) in [5, 5.41) is 5.63. The number of hydrogen-bond donors (Lipinski definition) is 2. The number of nitrogens with zero attached hydrogens (tertiary/aromatic N) is 1. The highest BCUT2D eigenvalue weighted by atomic mass is 16.5. The monoisotopic (exact) mass is 403 g/mol. The summed E-state index contributed by atoms with van der Waals surface area (Å²) in [6, 6.07) is 2.53. The van der Waals surface area contributed by atoms with Gasteiger partial charge in [0.2, 0.25) is 5.75 Å². The standard InChI is InChI=1S/C20H25N3O6/c1-26-14-7-11(8-15(27-2)18(14)28-3)17-16-13(21-20(25)22-17)10-23(19(16)24)9-12-5-4-6-29-12/h7-8,12,17H,4-6,9-10H2,1-3H3,(H2,21,22,25)/t12-,17-/m0/s1. The van der Waals surface area contributed by atoms with E-state index in [-0.39, 0.29) is 18.0 Å². The van der Waals surface area contributed by atoms with E-state index < -0.39 is 6.04 Å². The number of ether oxygens (including phenoxy) is 4. The van der Waals surface area contributed by atoms with E-state index in [1.807, 2.05) is 0 Å². The van der Waals surface area contributed by atoms with Crippen molar-refractivity contribution in [1.82, 2.24) is 15.5 Å². The van der Waals surface area contributed by atoms with Gasteiger partial charge >= 0.3 is 6.03 Å². The second-order valence-electron chi connectivity index (χ2n) is 7.20.